The third-order valence-electron chi connectivity index (χ3n) is 4.78. The molecule has 2 amide bonds. The van der Waals surface area contributed by atoms with Gasteiger partial charge in [0.15, 0.2) is 0 Å². The van der Waals surface area contributed by atoms with Crippen molar-refractivity contribution in [1.29, 1.82) is 0 Å². The second kappa shape index (κ2) is 10.4. The highest BCUT2D eigenvalue weighted by atomic mass is 19.1. The normalized spacial score (nSPS) is 10.4. The highest BCUT2D eigenvalue weighted by Gasteiger charge is 2.19. The summed E-state index contributed by atoms with van der Waals surface area (Å²) in [5, 5.41) is 2.77. The number of amides is 2. The Bertz CT molecular complexity index is 1050. The smallest absolute Gasteiger partial charge is 0.258 e. The lowest BCUT2D eigenvalue weighted by Crippen LogP contribution is -2.30. The van der Waals surface area contributed by atoms with E-state index < -0.39 is 0 Å². The first-order valence-corrected chi connectivity index (χ1v) is 10.1. The maximum Gasteiger partial charge on any atom is 0.258 e. The Labute approximate surface area is 181 Å². The van der Waals surface area contributed by atoms with E-state index in [0.29, 0.717) is 29.1 Å². The number of anilines is 1. The topological polar surface area (TPSA) is 58.6 Å². The van der Waals surface area contributed by atoms with Crippen LogP contribution in [0.3, 0.4) is 0 Å². The molecule has 0 unspecified atom stereocenters. The van der Waals surface area contributed by atoms with E-state index in [4.69, 9.17) is 4.74 Å². The number of benzene rings is 3. The van der Waals surface area contributed by atoms with E-state index in [0.717, 1.165) is 5.56 Å². The van der Waals surface area contributed by atoms with Crippen LogP contribution in [-0.4, -0.2) is 25.5 Å². The van der Waals surface area contributed by atoms with Crippen molar-refractivity contribution >= 4 is 17.5 Å². The maximum atomic E-state index is 13.7. The highest BCUT2D eigenvalue weighted by Crippen LogP contribution is 2.23. The van der Waals surface area contributed by atoms with Crippen LogP contribution < -0.4 is 15.0 Å². The molecule has 0 aromatic heterocycles. The van der Waals surface area contributed by atoms with E-state index in [1.54, 1.807) is 60.5 Å². The number of rotatable bonds is 8. The number of methoxy groups -OCH3 is 1. The lowest BCUT2D eigenvalue weighted by molar-refractivity contribution is -0.120. The van der Waals surface area contributed by atoms with E-state index in [9.17, 15) is 14.0 Å². The van der Waals surface area contributed by atoms with Crippen molar-refractivity contribution in [2.45, 2.75) is 19.9 Å². The SMILES string of the molecule is CCNC(=O)Cc1ccc(N(Cc2cccc(F)c2)C(=O)c2cccc(OC)c2)cc1. The van der Waals surface area contributed by atoms with Crippen molar-refractivity contribution < 1.29 is 18.7 Å². The minimum absolute atomic E-state index is 0.0562. The van der Waals surface area contributed by atoms with Crippen LogP contribution in [0.4, 0.5) is 10.1 Å². The third-order valence-corrected chi connectivity index (χ3v) is 4.78. The molecule has 3 aromatic carbocycles. The first-order valence-electron chi connectivity index (χ1n) is 10.1. The van der Waals surface area contributed by atoms with Gasteiger partial charge < -0.3 is 15.0 Å². The minimum Gasteiger partial charge on any atom is -0.497 e. The number of likely N-dealkylation sites (N-methyl/N-ethyl adjacent to an activating group) is 1. The number of carbonyl (C=O) groups is 2. The predicted octanol–water partition coefficient (Wildman–Crippen LogP) is 4.36. The number of nitrogens with one attached hydrogen (secondary N) is 1. The Morgan fingerprint density at radius 3 is 2.39 bits per heavy atom. The standard InChI is InChI=1S/C25H25FN2O3/c1-3-27-24(29)15-18-10-12-22(13-11-18)28(17-19-6-4-8-21(26)14-19)25(30)20-7-5-9-23(16-20)31-2/h4-14,16H,3,15,17H2,1-2H3,(H,27,29). The Morgan fingerprint density at radius 2 is 1.71 bits per heavy atom. The fourth-order valence-corrected chi connectivity index (χ4v) is 3.25. The number of nitrogens with zero attached hydrogens (tertiary/aromatic N) is 1. The molecule has 0 bridgehead atoms. The molecule has 0 saturated heterocycles. The Kier molecular flexibility index (Phi) is 7.38. The van der Waals surface area contributed by atoms with E-state index in [1.807, 2.05) is 19.1 Å². The van der Waals surface area contributed by atoms with Gasteiger partial charge in [0.2, 0.25) is 5.91 Å². The zero-order valence-electron chi connectivity index (χ0n) is 17.6. The average Bonchev–Trinajstić information content (AvgIpc) is 2.78. The zero-order chi connectivity index (χ0) is 22.2. The monoisotopic (exact) mass is 420 g/mol. The minimum atomic E-state index is -0.358. The summed E-state index contributed by atoms with van der Waals surface area (Å²) in [6.45, 7) is 2.65. The first kappa shape index (κ1) is 22.0. The van der Waals surface area contributed by atoms with Crippen LogP contribution in [0.5, 0.6) is 5.75 Å². The summed E-state index contributed by atoms with van der Waals surface area (Å²) in [5.41, 5.74) is 2.62. The quantitative estimate of drug-likeness (QED) is 0.589. The molecule has 0 aliphatic rings. The number of ether oxygens (including phenoxy) is 1. The van der Waals surface area contributed by atoms with Crippen molar-refractivity contribution in [3.63, 3.8) is 0 Å². The summed E-state index contributed by atoms with van der Waals surface area (Å²) in [7, 11) is 1.54. The molecule has 0 aliphatic carbocycles. The molecule has 5 nitrogen and oxygen atoms in total. The number of hydrogen-bond acceptors (Lipinski definition) is 3. The van der Waals surface area contributed by atoms with Gasteiger partial charge in [-0.05, 0) is 60.5 Å². The molecule has 0 atom stereocenters. The van der Waals surface area contributed by atoms with Gasteiger partial charge in [0.05, 0.1) is 20.1 Å². The molecule has 160 valence electrons. The van der Waals surface area contributed by atoms with Crippen LogP contribution in [-0.2, 0) is 17.8 Å². The molecular formula is C25H25FN2O3. The van der Waals surface area contributed by atoms with Crippen molar-refractivity contribution in [3.8, 4) is 5.75 Å². The summed E-state index contributed by atoms with van der Waals surface area (Å²) in [6, 6.07) is 20.3. The largest absolute Gasteiger partial charge is 0.497 e. The van der Waals surface area contributed by atoms with Gasteiger partial charge in [-0.2, -0.15) is 0 Å². The molecule has 0 saturated carbocycles. The maximum absolute atomic E-state index is 13.7. The Morgan fingerprint density at radius 1 is 0.968 bits per heavy atom. The summed E-state index contributed by atoms with van der Waals surface area (Å²) >= 11 is 0. The molecule has 31 heavy (non-hydrogen) atoms. The number of hydrogen-bond donors (Lipinski definition) is 1. The lowest BCUT2D eigenvalue weighted by atomic mass is 10.1. The fraction of sp³-hybridized carbons (Fsp3) is 0.200. The van der Waals surface area contributed by atoms with Gasteiger partial charge in [0, 0.05) is 17.8 Å². The van der Waals surface area contributed by atoms with Crippen LogP contribution >= 0.6 is 0 Å². The van der Waals surface area contributed by atoms with Gasteiger partial charge in [-0.1, -0.05) is 30.3 Å². The predicted molar refractivity (Wildman–Crippen MR) is 119 cm³/mol. The summed E-state index contributed by atoms with van der Waals surface area (Å²) in [5.74, 6) is -0.0728. The molecule has 6 heteroatoms. The van der Waals surface area contributed by atoms with E-state index in [1.165, 1.54) is 12.1 Å². The van der Waals surface area contributed by atoms with Gasteiger partial charge >= 0.3 is 0 Å². The van der Waals surface area contributed by atoms with Gasteiger partial charge in [0.1, 0.15) is 11.6 Å². The molecule has 3 aromatic rings. The van der Waals surface area contributed by atoms with Crippen molar-refractivity contribution in [1.82, 2.24) is 5.32 Å². The summed E-state index contributed by atoms with van der Waals surface area (Å²) in [4.78, 5) is 26.8. The average molecular weight is 420 g/mol. The Hall–Kier alpha value is -3.67. The lowest BCUT2D eigenvalue weighted by Gasteiger charge is -2.24. The molecule has 0 fully saturated rings. The molecular weight excluding hydrogens is 395 g/mol. The van der Waals surface area contributed by atoms with E-state index in [2.05, 4.69) is 5.32 Å². The van der Waals surface area contributed by atoms with Gasteiger partial charge in [-0.15, -0.1) is 0 Å². The number of carbonyl (C=O) groups excluding carboxylic acids is 2. The van der Waals surface area contributed by atoms with Crippen LogP contribution in [0.25, 0.3) is 0 Å². The van der Waals surface area contributed by atoms with Crippen LogP contribution in [0, 0.1) is 5.82 Å². The molecule has 0 spiro atoms. The number of halogens is 1. The molecule has 0 aliphatic heterocycles. The molecule has 3 rings (SSSR count). The second-order valence-corrected chi connectivity index (χ2v) is 7.05. The Balaban J connectivity index is 1.91. The highest BCUT2D eigenvalue weighted by molar-refractivity contribution is 6.06. The van der Waals surface area contributed by atoms with E-state index in [-0.39, 0.29) is 30.6 Å². The molecule has 0 radical (unpaired) electrons. The van der Waals surface area contributed by atoms with E-state index >= 15 is 0 Å². The third kappa shape index (κ3) is 5.92. The molecule has 1 N–H and O–H groups in total. The van der Waals surface area contributed by atoms with Gasteiger partial charge in [-0.25, -0.2) is 4.39 Å². The van der Waals surface area contributed by atoms with Crippen molar-refractivity contribution in [2.75, 3.05) is 18.6 Å². The van der Waals surface area contributed by atoms with Crippen LogP contribution in [0.1, 0.15) is 28.4 Å². The van der Waals surface area contributed by atoms with Crippen molar-refractivity contribution in [3.05, 3.63) is 95.3 Å². The summed E-state index contributed by atoms with van der Waals surface area (Å²) in [6.07, 6.45) is 0.266. The summed E-state index contributed by atoms with van der Waals surface area (Å²) < 4.78 is 19.0. The molecule has 0 heterocycles. The van der Waals surface area contributed by atoms with Gasteiger partial charge in [0.25, 0.3) is 5.91 Å². The zero-order valence-corrected chi connectivity index (χ0v) is 17.6. The fourth-order valence-electron chi connectivity index (χ4n) is 3.25. The van der Waals surface area contributed by atoms with Crippen LogP contribution in [0.2, 0.25) is 0 Å². The van der Waals surface area contributed by atoms with Crippen LogP contribution in [0.15, 0.2) is 72.8 Å². The van der Waals surface area contributed by atoms with Crippen molar-refractivity contribution in [2.24, 2.45) is 0 Å². The second-order valence-electron chi connectivity index (χ2n) is 7.05. The van der Waals surface area contributed by atoms with Gasteiger partial charge in [-0.3, -0.25) is 9.59 Å². The first-order chi connectivity index (χ1) is 15.0.